The minimum absolute atomic E-state index is 0.106. The number of anilines is 1. The molecule has 2 aromatic carbocycles. The quantitative estimate of drug-likeness (QED) is 0.471. The van der Waals surface area contributed by atoms with Crippen LogP contribution in [0.4, 0.5) is 5.82 Å². The van der Waals surface area contributed by atoms with E-state index in [1.807, 2.05) is 0 Å². The summed E-state index contributed by atoms with van der Waals surface area (Å²) in [4.78, 5) is 4.56. The fraction of sp³-hybridized carbons (Fsp3) is 0.400. The largest absolute Gasteiger partial charge is 0.395 e. The molecule has 1 aliphatic heterocycles. The molecule has 1 aliphatic rings. The Balaban J connectivity index is 1.80. The second kappa shape index (κ2) is 9.59. The van der Waals surface area contributed by atoms with Gasteiger partial charge >= 0.3 is 0 Å². The van der Waals surface area contributed by atoms with Crippen LogP contribution in [0.3, 0.4) is 0 Å². The van der Waals surface area contributed by atoms with Gasteiger partial charge in [-0.2, -0.15) is 5.10 Å². The number of aromatic nitrogens is 2. The smallest absolute Gasteiger partial charge is 0.137 e. The van der Waals surface area contributed by atoms with Gasteiger partial charge in [-0.3, -0.25) is 4.90 Å². The standard InChI is InChI=1S/C25H31BrN4OS/c1-16-10-20(26)11-17(2)23(16)30-25(28(3)4)22(24(27-30)32-5)14-29-13-19-9-7-6-8-18(19)12-21(29)15-31/h6-11,21,31H,12-15H2,1-5H3. The molecule has 4 rings (SSSR count). The molecule has 0 amide bonds. The van der Waals surface area contributed by atoms with Crippen LogP contribution in [-0.4, -0.2) is 52.8 Å². The lowest BCUT2D eigenvalue weighted by Gasteiger charge is -2.36. The fourth-order valence-electron chi connectivity index (χ4n) is 4.79. The normalized spacial score (nSPS) is 16.3. The predicted molar refractivity (Wildman–Crippen MR) is 137 cm³/mol. The highest BCUT2D eigenvalue weighted by molar-refractivity contribution is 9.10. The van der Waals surface area contributed by atoms with Gasteiger partial charge in [-0.05, 0) is 60.9 Å². The van der Waals surface area contributed by atoms with Gasteiger partial charge in [0.25, 0.3) is 0 Å². The number of benzene rings is 2. The highest BCUT2D eigenvalue weighted by Gasteiger charge is 2.30. The maximum absolute atomic E-state index is 10.2. The van der Waals surface area contributed by atoms with E-state index in [1.54, 1.807) is 11.8 Å². The molecule has 1 unspecified atom stereocenters. The van der Waals surface area contributed by atoms with Crippen LogP contribution in [0.15, 0.2) is 45.9 Å². The number of halogens is 1. The van der Waals surface area contributed by atoms with Crippen LogP contribution < -0.4 is 4.90 Å². The summed E-state index contributed by atoms with van der Waals surface area (Å²) in [6.45, 7) is 6.01. The Bertz CT molecular complexity index is 1100. The van der Waals surface area contributed by atoms with Crippen molar-refractivity contribution in [2.75, 3.05) is 31.9 Å². The predicted octanol–water partition coefficient (Wildman–Crippen LogP) is 4.96. The van der Waals surface area contributed by atoms with E-state index in [4.69, 9.17) is 5.10 Å². The number of thioether (sulfide) groups is 1. The zero-order valence-electron chi connectivity index (χ0n) is 19.4. The second-order valence-corrected chi connectivity index (χ2v) is 10.4. The molecule has 5 nitrogen and oxygen atoms in total. The first kappa shape index (κ1) is 23.4. The summed E-state index contributed by atoms with van der Waals surface area (Å²) in [6, 6.07) is 13.0. The number of nitrogens with zero attached hydrogens (tertiary/aromatic N) is 4. The Kier molecular flexibility index (Phi) is 7.00. The van der Waals surface area contributed by atoms with E-state index in [1.165, 1.54) is 27.8 Å². The van der Waals surface area contributed by atoms with Crippen molar-refractivity contribution in [3.8, 4) is 5.69 Å². The molecule has 1 aromatic heterocycles. The van der Waals surface area contributed by atoms with E-state index in [-0.39, 0.29) is 12.6 Å². The van der Waals surface area contributed by atoms with E-state index in [2.05, 4.69) is 101 Å². The number of aliphatic hydroxyl groups is 1. The van der Waals surface area contributed by atoms with Crippen LogP contribution in [0.2, 0.25) is 0 Å². The lowest BCUT2D eigenvalue weighted by atomic mass is 9.94. The van der Waals surface area contributed by atoms with E-state index in [9.17, 15) is 5.11 Å². The van der Waals surface area contributed by atoms with Crippen molar-refractivity contribution in [2.24, 2.45) is 0 Å². The lowest BCUT2D eigenvalue weighted by molar-refractivity contribution is 0.0991. The first-order valence-corrected chi connectivity index (χ1v) is 12.9. The molecule has 0 saturated heterocycles. The molecule has 32 heavy (non-hydrogen) atoms. The van der Waals surface area contributed by atoms with Gasteiger partial charge in [0.05, 0.1) is 12.3 Å². The SMILES string of the molecule is CSc1nn(-c2c(C)cc(Br)cc2C)c(N(C)C)c1CN1Cc2ccccc2CC1CO. The highest BCUT2D eigenvalue weighted by Crippen LogP contribution is 2.36. The molecular formula is C25H31BrN4OS. The average molecular weight is 516 g/mol. The summed E-state index contributed by atoms with van der Waals surface area (Å²) < 4.78 is 3.18. The van der Waals surface area contributed by atoms with Crippen molar-refractivity contribution in [3.63, 3.8) is 0 Å². The van der Waals surface area contributed by atoms with Crippen LogP contribution in [0, 0.1) is 13.8 Å². The second-order valence-electron chi connectivity index (χ2n) is 8.72. The van der Waals surface area contributed by atoms with Gasteiger partial charge in [-0.25, -0.2) is 4.68 Å². The zero-order valence-corrected chi connectivity index (χ0v) is 21.8. The van der Waals surface area contributed by atoms with Gasteiger partial charge in [-0.15, -0.1) is 11.8 Å². The van der Waals surface area contributed by atoms with Gasteiger partial charge in [-0.1, -0.05) is 40.2 Å². The maximum Gasteiger partial charge on any atom is 0.137 e. The third-order valence-electron chi connectivity index (χ3n) is 6.24. The molecule has 0 spiro atoms. The van der Waals surface area contributed by atoms with Gasteiger partial charge < -0.3 is 10.0 Å². The van der Waals surface area contributed by atoms with E-state index in [0.717, 1.165) is 40.5 Å². The summed E-state index contributed by atoms with van der Waals surface area (Å²) in [7, 11) is 4.17. The van der Waals surface area contributed by atoms with Gasteiger partial charge in [0, 0.05) is 43.3 Å². The molecule has 0 fully saturated rings. The molecule has 0 saturated carbocycles. The lowest BCUT2D eigenvalue weighted by Crippen LogP contribution is -2.42. The fourth-order valence-corrected chi connectivity index (χ4v) is 6.04. The average Bonchev–Trinajstić information content (AvgIpc) is 3.10. The molecule has 0 radical (unpaired) electrons. The van der Waals surface area contributed by atoms with E-state index in [0.29, 0.717) is 0 Å². The molecule has 0 aliphatic carbocycles. The summed E-state index contributed by atoms with van der Waals surface area (Å²) in [5.41, 5.74) is 7.39. The van der Waals surface area contributed by atoms with Gasteiger partial charge in [0.2, 0.25) is 0 Å². The van der Waals surface area contributed by atoms with Crippen molar-refractivity contribution < 1.29 is 5.11 Å². The van der Waals surface area contributed by atoms with Crippen molar-refractivity contribution in [3.05, 3.63) is 68.7 Å². The van der Waals surface area contributed by atoms with Crippen LogP contribution in [-0.2, 0) is 19.5 Å². The number of hydrogen-bond acceptors (Lipinski definition) is 5. The summed E-state index contributed by atoms with van der Waals surface area (Å²) in [6.07, 6.45) is 2.96. The van der Waals surface area contributed by atoms with E-state index >= 15 is 0 Å². The van der Waals surface area contributed by atoms with E-state index < -0.39 is 0 Å². The maximum atomic E-state index is 10.2. The van der Waals surface area contributed by atoms with Crippen LogP contribution in [0.5, 0.6) is 0 Å². The molecule has 1 atom stereocenters. The van der Waals surface area contributed by atoms with Gasteiger partial charge in [0.15, 0.2) is 0 Å². The number of hydrogen-bond donors (Lipinski definition) is 1. The van der Waals surface area contributed by atoms with Crippen molar-refractivity contribution >= 4 is 33.5 Å². The molecule has 0 bridgehead atoms. The molecule has 3 aromatic rings. The Labute approximate surface area is 203 Å². The molecule has 1 N–H and O–H groups in total. The van der Waals surface area contributed by atoms with Crippen LogP contribution in [0.1, 0.15) is 27.8 Å². The molecular weight excluding hydrogens is 484 g/mol. The Morgan fingerprint density at radius 1 is 1.16 bits per heavy atom. The van der Waals surface area contributed by atoms with Gasteiger partial charge in [0.1, 0.15) is 10.8 Å². The summed E-state index contributed by atoms with van der Waals surface area (Å²) >= 11 is 5.30. The first-order chi connectivity index (χ1) is 15.3. The van der Waals surface area contributed by atoms with Crippen LogP contribution >= 0.6 is 27.7 Å². The number of aryl methyl sites for hydroxylation is 2. The minimum atomic E-state index is 0.106. The van der Waals surface area contributed by atoms with Crippen molar-refractivity contribution in [2.45, 2.75) is 44.4 Å². The molecule has 2 heterocycles. The Morgan fingerprint density at radius 2 is 1.81 bits per heavy atom. The topological polar surface area (TPSA) is 44.5 Å². The number of fused-ring (bicyclic) bond motifs is 1. The monoisotopic (exact) mass is 514 g/mol. The Hall–Kier alpha value is -1.80. The van der Waals surface area contributed by atoms with Crippen molar-refractivity contribution in [1.29, 1.82) is 0 Å². The number of aliphatic hydroxyl groups excluding tert-OH is 1. The third-order valence-corrected chi connectivity index (χ3v) is 7.41. The zero-order chi connectivity index (χ0) is 23.0. The Morgan fingerprint density at radius 3 is 2.41 bits per heavy atom. The summed E-state index contributed by atoms with van der Waals surface area (Å²) in [5, 5.41) is 16.3. The third kappa shape index (κ3) is 4.36. The number of rotatable bonds is 6. The van der Waals surface area contributed by atoms with Crippen molar-refractivity contribution in [1.82, 2.24) is 14.7 Å². The van der Waals surface area contributed by atoms with Crippen LogP contribution in [0.25, 0.3) is 5.69 Å². The first-order valence-electron chi connectivity index (χ1n) is 10.9. The molecule has 7 heteroatoms. The summed E-state index contributed by atoms with van der Waals surface area (Å²) in [5.74, 6) is 1.10. The molecule has 170 valence electrons. The minimum Gasteiger partial charge on any atom is -0.395 e. The highest BCUT2D eigenvalue weighted by atomic mass is 79.9.